The number of carbonyl (C=O) groups is 3. The zero-order chi connectivity index (χ0) is 25.5. The van der Waals surface area contributed by atoms with E-state index in [2.05, 4.69) is 15.1 Å². The molecule has 0 spiro atoms. The van der Waals surface area contributed by atoms with Crippen molar-refractivity contribution in [2.24, 2.45) is 0 Å². The van der Waals surface area contributed by atoms with Crippen molar-refractivity contribution >= 4 is 29.2 Å². The first kappa shape index (κ1) is 25.5. The van der Waals surface area contributed by atoms with Crippen LogP contribution in [0.5, 0.6) is 5.75 Å². The van der Waals surface area contributed by atoms with Crippen molar-refractivity contribution in [2.45, 2.75) is 25.7 Å². The van der Waals surface area contributed by atoms with Crippen molar-refractivity contribution in [3.63, 3.8) is 0 Å². The monoisotopic (exact) mass is 494 g/mol. The van der Waals surface area contributed by atoms with Gasteiger partial charge in [0, 0.05) is 50.5 Å². The molecule has 9 heteroatoms. The maximum Gasteiger partial charge on any atom is 0.337 e. The Labute approximate surface area is 211 Å². The minimum Gasteiger partial charge on any atom is -0.497 e. The molecule has 2 saturated heterocycles. The summed E-state index contributed by atoms with van der Waals surface area (Å²) in [5.41, 5.74) is 1.47. The first-order valence-corrected chi connectivity index (χ1v) is 12.5. The van der Waals surface area contributed by atoms with Gasteiger partial charge in [0.25, 0.3) is 5.91 Å². The van der Waals surface area contributed by atoms with Gasteiger partial charge in [-0.05, 0) is 55.3 Å². The van der Waals surface area contributed by atoms with E-state index < -0.39 is 11.9 Å². The molecule has 2 amide bonds. The Morgan fingerprint density at radius 2 is 1.56 bits per heavy atom. The smallest absolute Gasteiger partial charge is 0.337 e. The number of hydrogen-bond donors (Lipinski definition) is 2. The maximum atomic E-state index is 12.7. The van der Waals surface area contributed by atoms with E-state index in [1.165, 1.54) is 12.8 Å². The van der Waals surface area contributed by atoms with Crippen LogP contribution in [-0.4, -0.2) is 85.6 Å². The highest BCUT2D eigenvalue weighted by Crippen LogP contribution is 2.25. The Balaban J connectivity index is 1.36. The largest absolute Gasteiger partial charge is 0.497 e. The number of rotatable bonds is 7. The molecule has 2 fully saturated rings. The minimum atomic E-state index is -1.11. The summed E-state index contributed by atoms with van der Waals surface area (Å²) in [6.07, 6.45) is 4.57. The van der Waals surface area contributed by atoms with E-state index in [1.807, 2.05) is 11.0 Å². The van der Waals surface area contributed by atoms with Gasteiger partial charge in [-0.1, -0.05) is 12.8 Å². The fraction of sp³-hybridized carbons (Fsp3) is 0.444. The van der Waals surface area contributed by atoms with Crippen LogP contribution < -0.4 is 15.0 Å². The fourth-order valence-electron chi connectivity index (χ4n) is 4.73. The minimum absolute atomic E-state index is 0.0353. The normalized spacial score (nSPS) is 16.8. The number of methoxy groups -OCH3 is 1. The second-order valence-corrected chi connectivity index (χ2v) is 9.28. The summed E-state index contributed by atoms with van der Waals surface area (Å²) in [7, 11) is 1.55. The molecule has 2 heterocycles. The van der Waals surface area contributed by atoms with E-state index in [-0.39, 0.29) is 17.2 Å². The second-order valence-electron chi connectivity index (χ2n) is 9.28. The fourth-order valence-corrected chi connectivity index (χ4v) is 4.73. The number of ether oxygens (including phenoxy) is 1. The van der Waals surface area contributed by atoms with Crippen LogP contribution >= 0.6 is 0 Å². The third kappa shape index (κ3) is 6.34. The number of aromatic carboxylic acids is 1. The predicted molar refractivity (Wildman–Crippen MR) is 138 cm³/mol. The number of nitrogens with zero attached hydrogens (tertiary/aromatic N) is 3. The van der Waals surface area contributed by atoms with Crippen LogP contribution in [0.25, 0.3) is 0 Å². The van der Waals surface area contributed by atoms with Gasteiger partial charge in [0.05, 0.1) is 24.9 Å². The SMILES string of the molecule is COc1ccc(C(=O)Nc2ccc(N3CCN(CC(=O)N4CCCCCC4)CC3)cc2C(=O)O)cc1. The molecule has 2 aromatic rings. The number of carboxylic acids is 1. The summed E-state index contributed by atoms with van der Waals surface area (Å²) < 4.78 is 5.11. The number of anilines is 2. The van der Waals surface area contributed by atoms with Crippen LogP contribution in [0.15, 0.2) is 42.5 Å². The van der Waals surface area contributed by atoms with E-state index in [1.54, 1.807) is 43.5 Å². The maximum absolute atomic E-state index is 12.7. The molecule has 0 aliphatic carbocycles. The quantitative estimate of drug-likeness (QED) is 0.610. The molecule has 9 nitrogen and oxygen atoms in total. The van der Waals surface area contributed by atoms with Gasteiger partial charge in [0.15, 0.2) is 0 Å². The van der Waals surface area contributed by atoms with Gasteiger partial charge in [-0.15, -0.1) is 0 Å². The van der Waals surface area contributed by atoms with Crippen LogP contribution in [0.3, 0.4) is 0 Å². The summed E-state index contributed by atoms with van der Waals surface area (Å²) in [6, 6.07) is 11.7. The number of piperazine rings is 1. The van der Waals surface area contributed by atoms with Gasteiger partial charge >= 0.3 is 5.97 Å². The zero-order valence-electron chi connectivity index (χ0n) is 20.7. The summed E-state index contributed by atoms with van der Waals surface area (Å²) in [6.45, 7) is 5.02. The molecule has 0 atom stereocenters. The topological polar surface area (TPSA) is 102 Å². The lowest BCUT2D eigenvalue weighted by molar-refractivity contribution is -0.132. The Kier molecular flexibility index (Phi) is 8.43. The summed E-state index contributed by atoms with van der Waals surface area (Å²) in [5.74, 6) is -0.664. The van der Waals surface area contributed by atoms with Crippen LogP contribution in [0.1, 0.15) is 46.4 Å². The first-order chi connectivity index (χ1) is 17.4. The molecule has 0 aromatic heterocycles. The summed E-state index contributed by atoms with van der Waals surface area (Å²) in [4.78, 5) is 43.6. The molecular weight excluding hydrogens is 460 g/mol. The number of hydrogen-bond acceptors (Lipinski definition) is 6. The van der Waals surface area contributed by atoms with Crippen molar-refractivity contribution in [3.8, 4) is 5.75 Å². The molecule has 2 N–H and O–H groups in total. The van der Waals surface area contributed by atoms with Gasteiger partial charge in [0.2, 0.25) is 5.91 Å². The third-order valence-electron chi connectivity index (χ3n) is 6.89. The first-order valence-electron chi connectivity index (χ1n) is 12.5. The average molecular weight is 495 g/mol. The number of carboxylic acid groups (broad SMARTS) is 1. The van der Waals surface area contributed by atoms with E-state index in [9.17, 15) is 19.5 Å². The highest BCUT2D eigenvalue weighted by atomic mass is 16.5. The Hall–Kier alpha value is -3.59. The molecule has 2 aromatic carbocycles. The van der Waals surface area contributed by atoms with Gasteiger partial charge in [-0.25, -0.2) is 4.79 Å². The van der Waals surface area contributed by atoms with E-state index in [4.69, 9.17) is 4.74 Å². The number of amides is 2. The van der Waals surface area contributed by atoms with Gasteiger partial charge in [0.1, 0.15) is 5.75 Å². The molecule has 0 saturated carbocycles. The average Bonchev–Trinajstić information content (AvgIpc) is 3.19. The molecule has 2 aliphatic rings. The molecular formula is C27H34N4O5. The van der Waals surface area contributed by atoms with Crippen LogP contribution in [0, 0.1) is 0 Å². The Morgan fingerprint density at radius 3 is 2.17 bits per heavy atom. The van der Waals surface area contributed by atoms with Crippen molar-refractivity contribution in [3.05, 3.63) is 53.6 Å². The summed E-state index contributed by atoms with van der Waals surface area (Å²) >= 11 is 0. The lowest BCUT2D eigenvalue weighted by atomic mass is 10.1. The highest BCUT2D eigenvalue weighted by molar-refractivity contribution is 6.08. The molecule has 4 rings (SSSR count). The predicted octanol–water partition coefficient (Wildman–Crippen LogP) is 3.17. The van der Waals surface area contributed by atoms with Gasteiger partial charge in [-0.2, -0.15) is 0 Å². The van der Waals surface area contributed by atoms with Crippen molar-refractivity contribution in [1.82, 2.24) is 9.80 Å². The van der Waals surface area contributed by atoms with Crippen molar-refractivity contribution in [1.29, 1.82) is 0 Å². The molecule has 2 aliphatic heterocycles. The van der Waals surface area contributed by atoms with E-state index in [0.29, 0.717) is 30.9 Å². The van der Waals surface area contributed by atoms with Gasteiger partial charge in [-0.3, -0.25) is 14.5 Å². The summed E-state index contributed by atoms with van der Waals surface area (Å²) in [5, 5.41) is 12.5. The Morgan fingerprint density at radius 1 is 0.889 bits per heavy atom. The standard InChI is InChI=1S/C27H34N4O5/c1-36-22-9-6-20(7-10-22)26(33)28-24-11-8-21(18-23(24)27(34)35)30-16-14-29(15-17-30)19-25(32)31-12-4-2-3-5-13-31/h6-11,18H,2-5,12-17,19H2,1H3,(H,28,33)(H,34,35). The molecule has 0 radical (unpaired) electrons. The number of nitrogens with one attached hydrogen (secondary N) is 1. The van der Waals surface area contributed by atoms with E-state index >= 15 is 0 Å². The molecule has 192 valence electrons. The van der Waals surface area contributed by atoms with Crippen LogP contribution in [0.4, 0.5) is 11.4 Å². The lowest BCUT2D eigenvalue weighted by Crippen LogP contribution is -2.50. The molecule has 36 heavy (non-hydrogen) atoms. The number of likely N-dealkylation sites (tertiary alicyclic amines) is 1. The highest BCUT2D eigenvalue weighted by Gasteiger charge is 2.24. The second kappa shape index (κ2) is 11.9. The Bertz CT molecular complexity index is 1070. The number of carbonyl (C=O) groups excluding carboxylic acids is 2. The molecule has 0 bridgehead atoms. The molecule has 0 unspecified atom stereocenters. The van der Waals surface area contributed by atoms with Crippen molar-refractivity contribution in [2.75, 3.05) is 63.1 Å². The van der Waals surface area contributed by atoms with Crippen molar-refractivity contribution < 1.29 is 24.2 Å². The zero-order valence-corrected chi connectivity index (χ0v) is 20.7. The van der Waals surface area contributed by atoms with Gasteiger partial charge < -0.3 is 25.0 Å². The van der Waals surface area contributed by atoms with Crippen LogP contribution in [0.2, 0.25) is 0 Å². The van der Waals surface area contributed by atoms with E-state index in [0.717, 1.165) is 44.7 Å². The lowest BCUT2D eigenvalue weighted by Gasteiger charge is -2.36. The number of benzene rings is 2. The third-order valence-corrected chi connectivity index (χ3v) is 6.89. The van der Waals surface area contributed by atoms with Crippen LogP contribution in [-0.2, 0) is 4.79 Å².